The van der Waals surface area contributed by atoms with Gasteiger partial charge in [-0.1, -0.05) is 62.4 Å². The van der Waals surface area contributed by atoms with Gasteiger partial charge in [-0.3, -0.25) is 24.2 Å². The zero-order valence-electron chi connectivity index (χ0n) is 27.6. The molecular formula is C36H43N5O7. The van der Waals surface area contributed by atoms with E-state index in [2.05, 4.69) is 15.6 Å². The molecule has 254 valence electrons. The lowest BCUT2D eigenvalue weighted by atomic mass is 9.96. The minimum Gasteiger partial charge on any atom is -0.489 e. The van der Waals surface area contributed by atoms with E-state index in [4.69, 9.17) is 4.74 Å². The van der Waals surface area contributed by atoms with E-state index in [9.17, 15) is 29.1 Å². The Morgan fingerprint density at radius 2 is 1.75 bits per heavy atom. The summed E-state index contributed by atoms with van der Waals surface area (Å²) in [6.07, 6.45) is 3.47. The van der Waals surface area contributed by atoms with Crippen molar-refractivity contribution in [1.82, 2.24) is 25.4 Å². The van der Waals surface area contributed by atoms with Crippen LogP contribution in [0.15, 0.2) is 60.8 Å². The fourth-order valence-corrected chi connectivity index (χ4v) is 6.46. The molecule has 1 fully saturated rings. The molecule has 0 aliphatic carbocycles. The molecular weight excluding hydrogens is 614 g/mol. The zero-order valence-corrected chi connectivity index (χ0v) is 27.6. The van der Waals surface area contributed by atoms with Gasteiger partial charge in [0, 0.05) is 19.0 Å². The highest BCUT2D eigenvalue weighted by Crippen LogP contribution is 2.28. The highest BCUT2D eigenvalue weighted by Gasteiger charge is 2.40. The van der Waals surface area contributed by atoms with Crippen LogP contribution in [0, 0.1) is 5.92 Å². The van der Waals surface area contributed by atoms with E-state index >= 15 is 0 Å². The van der Waals surface area contributed by atoms with Crippen LogP contribution in [0.2, 0.25) is 0 Å². The molecule has 4 amide bonds. The smallest absolute Gasteiger partial charge is 0.326 e. The van der Waals surface area contributed by atoms with Crippen LogP contribution in [-0.2, 0) is 25.6 Å². The van der Waals surface area contributed by atoms with Crippen LogP contribution < -0.4 is 15.4 Å². The Hall–Kier alpha value is -5.00. The van der Waals surface area contributed by atoms with Crippen LogP contribution in [0.1, 0.15) is 61.9 Å². The topological polar surface area (TPSA) is 158 Å². The molecule has 2 aromatic carbocycles. The number of nitrogens with one attached hydrogen (secondary N) is 2. The van der Waals surface area contributed by atoms with E-state index in [1.165, 1.54) is 18.1 Å². The molecule has 3 N–H and O–H groups in total. The Morgan fingerprint density at radius 1 is 1.02 bits per heavy atom. The van der Waals surface area contributed by atoms with Crippen LogP contribution >= 0.6 is 0 Å². The second kappa shape index (κ2) is 15.3. The molecule has 1 unspecified atom stereocenters. The molecule has 3 aromatic rings. The minimum absolute atomic E-state index is 0.0149. The van der Waals surface area contributed by atoms with Crippen molar-refractivity contribution in [1.29, 1.82) is 0 Å². The summed E-state index contributed by atoms with van der Waals surface area (Å²) in [5, 5.41) is 16.2. The number of hydrogen-bond donors (Lipinski definition) is 3. The number of carboxylic acids is 1. The molecule has 12 heteroatoms. The molecule has 12 nitrogen and oxygen atoms in total. The van der Waals surface area contributed by atoms with Gasteiger partial charge in [0.25, 0.3) is 5.91 Å². The first-order chi connectivity index (χ1) is 23.0. The highest BCUT2D eigenvalue weighted by molar-refractivity contribution is 6.09. The van der Waals surface area contributed by atoms with Crippen molar-refractivity contribution in [3.05, 3.63) is 71.9 Å². The quantitative estimate of drug-likeness (QED) is 0.378. The number of rotatable bonds is 5. The van der Waals surface area contributed by atoms with Crippen LogP contribution in [0.5, 0.6) is 5.75 Å². The molecule has 4 atom stereocenters. The number of ether oxygens (including phenoxy) is 1. The Labute approximate surface area is 279 Å². The van der Waals surface area contributed by atoms with E-state index in [-0.39, 0.29) is 35.7 Å². The van der Waals surface area contributed by atoms with Crippen molar-refractivity contribution < 1.29 is 33.8 Å². The summed E-state index contributed by atoms with van der Waals surface area (Å²) in [5.41, 5.74) is 1.50. The largest absolute Gasteiger partial charge is 0.489 e. The summed E-state index contributed by atoms with van der Waals surface area (Å²) in [5.74, 6) is -3.35. The zero-order chi connectivity index (χ0) is 34.4. The molecule has 1 aromatic heterocycles. The van der Waals surface area contributed by atoms with E-state index < -0.39 is 48.4 Å². The maximum absolute atomic E-state index is 14.2. The number of nitrogens with zero attached hydrogens (tertiary/aromatic N) is 3. The van der Waals surface area contributed by atoms with Crippen molar-refractivity contribution >= 4 is 40.5 Å². The molecule has 2 aliphatic rings. The predicted molar refractivity (Wildman–Crippen MR) is 178 cm³/mol. The third kappa shape index (κ3) is 7.92. The van der Waals surface area contributed by atoms with Gasteiger partial charge < -0.3 is 30.3 Å². The number of hydrogen-bond acceptors (Lipinski definition) is 7. The lowest BCUT2D eigenvalue weighted by Gasteiger charge is -2.40. The Bertz CT molecular complexity index is 1660. The average molecular weight is 658 g/mol. The van der Waals surface area contributed by atoms with E-state index in [1.54, 1.807) is 29.2 Å². The van der Waals surface area contributed by atoms with Gasteiger partial charge in [-0.15, -0.1) is 0 Å². The molecule has 2 aliphatic heterocycles. The van der Waals surface area contributed by atoms with Crippen LogP contribution in [-0.4, -0.2) is 93.9 Å². The Morgan fingerprint density at radius 3 is 2.48 bits per heavy atom. The SMILES string of the molecule is CC(C)C[C@H]1C(=O)N2CCCCC2C(=O)N[C@H](Cc2ccccc2)COc2cnc3ccccc3c2C(=O)N[C@H](C(=O)O)CC(=O)N1C. The first kappa shape index (κ1) is 34.3. The molecule has 0 bridgehead atoms. The number of aliphatic carboxylic acids is 1. The summed E-state index contributed by atoms with van der Waals surface area (Å²) in [4.78, 5) is 75.5. The van der Waals surface area contributed by atoms with Gasteiger partial charge in [0.05, 0.1) is 29.7 Å². The Balaban J connectivity index is 1.59. The molecule has 5 rings (SSSR count). The van der Waals surface area contributed by atoms with Crippen LogP contribution in [0.4, 0.5) is 0 Å². The van der Waals surface area contributed by atoms with Gasteiger partial charge in [-0.25, -0.2) is 4.79 Å². The van der Waals surface area contributed by atoms with Crippen molar-refractivity contribution in [2.45, 2.75) is 76.5 Å². The van der Waals surface area contributed by atoms with Gasteiger partial charge in [0.15, 0.2) is 5.75 Å². The molecule has 0 spiro atoms. The number of benzene rings is 2. The van der Waals surface area contributed by atoms with Gasteiger partial charge in [-0.2, -0.15) is 0 Å². The van der Waals surface area contributed by atoms with Gasteiger partial charge >= 0.3 is 5.97 Å². The summed E-state index contributed by atoms with van der Waals surface area (Å²) >= 11 is 0. The van der Waals surface area contributed by atoms with Crippen molar-refractivity contribution in [3.63, 3.8) is 0 Å². The maximum atomic E-state index is 14.2. The lowest BCUT2D eigenvalue weighted by molar-refractivity contribution is -0.152. The number of para-hydroxylation sites is 1. The van der Waals surface area contributed by atoms with Crippen molar-refractivity contribution in [2.75, 3.05) is 20.2 Å². The number of carboxylic acid groups (broad SMARTS) is 1. The van der Waals surface area contributed by atoms with Gasteiger partial charge in [-0.05, 0) is 49.7 Å². The third-order valence-electron chi connectivity index (χ3n) is 8.99. The third-order valence-corrected chi connectivity index (χ3v) is 8.99. The van der Waals surface area contributed by atoms with Crippen LogP contribution in [0.25, 0.3) is 10.9 Å². The number of likely N-dealkylation sites (N-methyl/N-ethyl adjacent to an activating group) is 1. The van der Waals surface area contributed by atoms with Gasteiger partial charge in [0.1, 0.15) is 24.7 Å². The fourth-order valence-electron chi connectivity index (χ4n) is 6.46. The number of carbonyl (C=O) groups excluding carboxylic acids is 4. The second-order valence-electron chi connectivity index (χ2n) is 13.0. The Kier molecular flexibility index (Phi) is 10.9. The predicted octanol–water partition coefficient (Wildman–Crippen LogP) is 3.18. The standard InChI is InChI=1S/C36H43N5O7/c1-22(2)17-29-35(45)41-16-10-9-15-28(41)33(43)38-24(18-23-11-5-4-6-12-23)21-48-30-20-37-26-14-8-7-13-25(26)32(30)34(44)39-27(36(46)47)19-31(42)40(29)3/h4-8,11-14,20,22,24,27-29H,9-10,15-19,21H2,1-3H3,(H,38,43)(H,39,44)(H,46,47)/t24-,27+,28?,29+/m1/s1. The molecule has 3 heterocycles. The number of piperidine rings is 1. The second-order valence-corrected chi connectivity index (χ2v) is 13.0. The van der Waals surface area contributed by atoms with Crippen molar-refractivity contribution in [2.24, 2.45) is 5.92 Å². The first-order valence-corrected chi connectivity index (χ1v) is 16.5. The monoisotopic (exact) mass is 657 g/mol. The number of aromatic nitrogens is 1. The molecule has 0 saturated carbocycles. The van der Waals surface area contributed by atoms with Crippen molar-refractivity contribution in [3.8, 4) is 5.75 Å². The van der Waals surface area contributed by atoms with Gasteiger partial charge in [0.2, 0.25) is 17.7 Å². The normalized spacial score (nSPS) is 23.1. The molecule has 48 heavy (non-hydrogen) atoms. The molecule has 0 radical (unpaired) electrons. The number of fused-ring (bicyclic) bond motifs is 4. The summed E-state index contributed by atoms with van der Waals surface area (Å²) in [6.45, 7) is 4.17. The highest BCUT2D eigenvalue weighted by atomic mass is 16.5. The lowest BCUT2D eigenvalue weighted by Crippen LogP contribution is -2.59. The van der Waals surface area contributed by atoms with E-state index in [0.717, 1.165) is 12.0 Å². The minimum atomic E-state index is -1.59. The number of amides is 4. The number of pyridine rings is 1. The first-order valence-electron chi connectivity index (χ1n) is 16.5. The fraction of sp³-hybridized carbons (Fsp3) is 0.444. The van der Waals surface area contributed by atoms with E-state index in [1.807, 2.05) is 44.2 Å². The maximum Gasteiger partial charge on any atom is 0.326 e. The van der Waals surface area contributed by atoms with E-state index in [0.29, 0.717) is 43.1 Å². The average Bonchev–Trinajstić information content (AvgIpc) is 3.08. The molecule has 1 saturated heterocycles. The van der Waals surface area contributed by atoms with Crippen LogP contribution in [0.3, 0.4) is 0 Å². The number of carbonyl (C=O) groups is 5. The summed E-state index contributed by atoms with van der Waals surface area (Å²) in [6, 6.07) is 12.7. The summed E-state index contributed by atoms with van der Waals surface area (Å²) in [7, 11) is 1.47. The summed E-state index contributed by atoms with van der Waals surface area (Å²) < 4.78 is 6.24.